The van der Waals surface area contributed by atoms with Crippen molar-refractivity contribution in [3.05, 3.63) is 29.8 Å². The lowest BCUT2D eigenvalue weighted by Crippen LogP contribution is -2.51. The van der Waals surface area contributed by atoms with Crippen molar-refractivity contribution < 1.29 is 33.1 Å². The van der Waals surface area contributed by atoms with Crippen LogP contribution in [0.4, 0.5) is 10.5 Å². The Labute approximate surface area is 163 Å². The van der Waals surface area contributed by atoms with Crippen LogP contribution in [0.2, 0.25) is 0 Å². The molecule has 2 amide bonds. The maximum atomic E-state index is 12.2. The maximum absolute atomic E-state index is 12.2. The molecule has 3 N–H and O–H groups in total. The molecule has 2 rings (SSSR count). The lowest BCUT2D eigenvalue weighted by molar-refractivity contribution is -0.132. The number of benzene rings is 1. The van der Waals surface area contributed by atoms with E-state index in [-0.39, 0.29) is 13.0 Å². The van der Waals surface area contributed by atoms with Crippen LogP contribution in [0.25, 0.3) is 0 Å². The maximum Gasteiger partial charge on any atom is 0.414 e. The topological polar surface area (TPSA) is 133 Å². The Bertz CT molecular complexity index is 915. The van der Waals surface area contributed by atoms with Crippen LogP contribution >= 0.6 is 0 Å². The highest BCUT2D eigenvalue weighted by Crippen LogP contribution is 2.30. The van der Waals surface area contributed by atoms with Crippen molar-refractivity contribution in [3.8, 4) is 11.8 Å². The number of hydrogen-bond donors (Lipinski definition) is 3. The van der Waals surface area contributed by atoms with E-state index < -0.39 is 38.8 Å². The number of rotatable bonds is 5. The van der Waals surface area contributed by atoms with Crippen LogP contribution in [0.1, 0.15) is 25.8 Å². The molecule has 1 fully saturated rings. The molecule has 152 valence electrons. The number of nitrogens with zero attached hydrogens (tertiary/aromatic N) is 1. The predicted octanol–water partition coefficient (Wildman–Crippen LogP) is 0.443. The number of hydrogen-bond acceptors (Lipinski definition) is 7. The van der Waals surface area contributed by atoms with Gasteiger partial charge in [-0.1, -0.05) is 11.8 Å². The van der Waals surface area contributed by atoms with E-state index >= 15 is 0 Å². The van der Waals surface area contributed by atoms with Crippen molar-refractivity contribution in [1.82, 2.24) is 5.48 Å². The highest BCUT2D eigenvalue weighted by atomic mass is 32.2. The minimum absolute atomic E-state index is 0.0430. The first kappa shape index (κ1) is 21.7. The third-order valence-electron chi connectivity index (χ3n) is 4.50. The second kappa shape index (κ2) is 8.18. The van der Waals surface area contributed by atoms with Gasteiger partial charge in [0.1, 0.15) is 12.2 Å². The highest BCUT2D eigenvalue weighted by Gasteiger charge is 2.48. The summed E-state index contributed by atoms with van der Waals surface area (Å²) in [5.41, 5.74) is 2.53. The molecule has 1 aliphatic rings. The predicted molar refractivity (Wildman–Crippen MR) is 100 cm³/mol. The number of carbonyl (C=O) groups is 2. The molecule has 0 aliphatic carbocycles. The third-order valence-corrected chi connectivity index (χ3v) is 6.48. The smallest absolute Gasteiger partial charge is 0.414 e. The van der Waals surface area contributed by atoms with E-state index in [9.17, 15) is 23.1 Å². The normalized spacial score (nSPS) is 19.8. The summed E-state index contributed by atoms with van der Waals surface area (Å²) in [5.74, 6) is 4.29. The number of nitrogens with one attached hydrogen (secondary N) is 1. The second-order valence-electron chi connectivity index (χ2n) is 6.76. The Morgan fingerprint density at radius 2 is 2.04 bits per heavy atom. The van der Waals surface area contributed by atoms with E-state index in [2.05, 4.69) is 11.8 Å². The molecule has 9 nitrogen and oxygen atoms in total. The summed E-state index contributed by atoms with van der Waals surface area (Å²) in [6.07, 6.45) is -1.72. The summed E-state index contributed by atoms with van der Waals surface area (Å²) in [5, 5.41) is 18.1. The standard InChI is InChI=1S/C18H22N2O7S/c1-12(21)4-5-13-6-8-14(9-7-13)20-11-15(27-17(20)23)10-18(2,16(22)19-24)28(3,25)26/h6-9,12,15,21,24H,10-11H2,1-3H3,(H,19,22). The molecule has 3 atom stereocenters. The number of cyclic esters (lactones) is 1. The SMILES string of the molecule is CC(O)C#Cc1ccc(N2CC(CC(C)(C(=O)NO)S(C)(=O)=O)OC2=O)cc1. The van der Waals surface area contributed by atoms with Gasteiger partial charge < -0.3 is 9.84 Å². The van der Waals surface area contributed by atoms with Gasteiger partial charge in [0.05, 0.1) is 6.54 Å². The molecule has 1 heterocycles. The largest absolute Gasteiger partial charge is 0.444 e. The summed E-state index contributed by atoms with van der Waals surface area (Å²) >= 11 is 0. The number of aliphatic hydroxyl groups excluding tert-OH is 1. The average molecular weight is 410 g/mol. The quantitative estimate of drug-likeness (QED) is 0.364. The van der Waals surface area contributed by atoms with Crippen molar-refractivity contribution in [2.45, 2.75) is 37.2 Å². The van der Waals surface area contributed by atoms with Gasteiger partial charge >= 0.3 is 6.09 Å². The minimum Gasteiger partial charge on any atom is -0.444 e. The number of amides is 2. The first-order valence-electron chi connectivity index (χ1n) is 8.40. The molecule has 1 aromatic rings. The molecule has 1 aliphatic heterocycles. The van der Waals surface area contributed by atoms with Crippen molar-refractivity contribution >= 4 is 27.5 Å². The second-order valence-corrected chi connectivity index (χ2v) is 9.20. The zero-order valence-corrected chi connectivity index (χ0v) is 16.5. The van der Waals surface area contributed by atoms with E-state index in [0.717, 1.165) is 6.26 Å². The van der Waals surface area contributed by atoms with Crippen LogP contribution in [-0.2, 0) is 19.4 Å². The van der Waals surface area contributed by atoms with Crippen LogP contribution in [-0.4, -0.2) is 60.5 Å². The molecular weight excluding hydrogens is 388 g/mol. The van der Waals surface area contributed by atoms with E-state index in [1.54, 1.807) is 31.2 Å². The zero-order valence-electron chi connectivity index (χ0n) is 15.7. The Balaban J connectivity index is 2.17. The molecule has 10 heteroatoms. The lowest BCUT2D eigenvalue weighted by atomic mass is 10.0. The summed E-state index contributed by atoms with van der Waals surface area (Å²) in [6, 6.07) is 6.63. The Hall–Kier alpha value is -2.61. The molecule has 1 saturated heterocycles. The van der Waals surface area contributed by atoms with Gasteiger partial charge in [-0.15, -0.1) is 0 Å². The van der Waals surface area contributed by atoms with Gasteiger partial charge in [-0.25, -0.2) is 18.7 Å². The molecule has 0 aromatic heterocycles. The first-order chi connectivity index (χ1) is 13.0. The molecule has 0 saturated carbocycles. The van der Waals surface area contributed by atoms with E-state index in [4.69, 9.17) is 9.94 Å². The first-order valence-corrected chi connectivity index (χ1v) is 10.3. The highest BCUT2D eigenvalue weighted by molar-refractivity contribution is 7.92. The van der Waals surface area contributed by atoms with Gasteiger partial charge in [0.25, 0.3) is 5.91 Å². The van der Waals surface area contributed by atoms with E-state index in [0.29, 0.717) is 11.3 Å². The van der Waals surface area contributed by atoms with Crippen LogP contribution in [0.3, 0.4) is 0 Å². The summed E-state index contributed by atoms with van der Waals surface area (Å²) in [6.45, 7) is 2.75. The molecule has 0 bridgehead atoms. The number of carbonyl (C=O) groups excluding carboxylic acids is 2. The van der Waals surface area contributed by atoms with Gasteiger partial charge in [-0.05, 0) is 38.1 Å². The number of sulfone groups is 1. The Morgan fingerprint density at radius 1 is 1.43 bits per heavy atom. The molecule has 0 spiro atoms. The van der Waals surface area contributed by atoms with Gasteiger partial charge in [0.2, 0.25) is 0 Å². The van der Waals surface area contributed by atoms with Crippen molar-refractivity contribution in [2.75, 3.05) is 17.7 Å². The molecule has 1 aromatic carbocycles. The number of hydroxylamine groups is 1. The fourth-order valence-electron chi connectivity index (χ4n) is 2.72. The monoisotopic (exact) mass is 410 g/mol. The minimum atomic E-state index is -3.90. The van der Waals surface area contributed by atoms with Crippen molar-refractivity contribution in [1.29, 1.82) is 0 Å². The van der Waals surface area contributed by atoms with Gasteiger partial charge in [0.15, 0.2) is 14.6 Å². The van der Waals surface area contributed by atoms with Crippen LogP contribution in [0.5, 0.6) is 0 Å². The van der Waals surface area contributed by atoms with Gasteiger partial charge in [-0.2, -0.15) is 0 Å². The fraction of sp³-hybridized carbons (Fsp3) is 0.444. The molecule has 0 radical (unpaired) electrons. The molecular formula is C18H22N2O7S. The molecule has 28 heavy (non-hydrogen) atoms. The summed E-state index contributed by atoms with van der Waals surface area (Å²) in [4.78, 5) is 25.4. The van der Waals surface area contributed by atoms with Crippen LogP contribution in [0, 0.1) is 11.8 Å². The fourth-order valence-corrected chi connectivity index (χ4v) is 3.59. The van der Waals surface area contributed by atoms with E-state index in [1.807, 2.05) is 0 Å². The van der Waals surface area contributed by atoms with Crippen LogP contribution < -0.4 is 10.4 Å². The summed E-state index contributed by atoms with van der Waals surface area (Å²) < 4.78 is 27.4. The van der Waals surface area contributed by atoms with Crippen molar-refractivity contribution in [2.24, 2.45) is 0 Å². The lowest BCUT2D eigenvalue weighted by Gasteiger charge is -2.26. The Kier molecular flexibility index (Phi) is 6.34. The van der Waals surface area contributed by atoms with Gasteiger partial charge in [0, 0.05) is 23.9 Å². The van der Waals surface area contributed by atoms with E-state index in [1.165, 1.54) is 17.3 Å². The third kappa shape index (κ3) is 4.62. The number of aliphatic hydroxyl groups is 1. The molecule has 3 unspecified atom stereocenters. The zero-order chi connectivity index (χ0) is 21.1. The van der Waals surface area contributed by atoms with Crippen LogP contribution in [0.15, 0.2) is 24.3 Å². The van der Waals surface area contributed by atoms with Gasteiger partial charge in [-0.3, -0.25) is 14.9 Å². The number of ether oxygens (including phenoxy) is 1. The number of anilines is 1. The summed E-state index contributed by atoms with van der Waals surface area (Å²) in [7, 11) is -3.90. The van der Waals surface area contributed by atoms with Crippen molar-refractivity contribution in [3.63, 3.8) is 0 Å². The average Bonchev–Trinajstić information content (AvgIpc) is 2.98. The Morgan fingerprint density at radius 3 is 2.54 bits per heavy atom.